The van der Waals surface area contributed by atoms with Crippen molar-refractivity contribution in [2.75, 3.05) is 0 Å². The van der Waals surface area contributed by atoms with E-state index in [1.54, 1.807) is 0 Å². The van der Waals surface area contributed by atoms with Gasteiger partial charge >= 0.3 is 0 Å². The summed E-state index contributed by atoms with van der Waals surface area (Å²) in [6, 6.07) is 2.11. The predicted molar refractivity (Wildman–Crippen MR) is 97.0 cm³/mol. The fourth-order valence-electron chi connectivity index (χ4n) is 3.83. The van der Waals surface area contributed by atoms with E-state index >= 15 is 0 Å². The van der Waals surface area contributed by atoms with Crippen molar-refractivity contribution in [2.24, 2.45) is 11.8 Å². The molecule has 0 aromatic carbocycles. The Labute approximate surface area is 149 Å². The van der Waals surface area contributed by atoms with Crippen molar-refractivity contribution in [1.29, 1.82) is 0 Å². The molecule has 23 heavy (non-hydrogen) atoms. The predicted octanol–water partition coefficient (Wildman–Crippen LogP) is 5.27. The van der Waals surface area contributed by atoms with Crippen molar-refractivity contribution in [1.82, 2.24) is 9.97 Å². The minimum absolute atomic E-state index is 0.0677. The lowest BCUT2D eigenvalue weighted by molar-refractivity contribution is 0.0988. The largest absolute Gasteiger partial charge is 0.292 e. The maximum Gasteiger partial charge on any atom is 0.186 e. The molecular weight excluding hydrogens is 372 g/mol. The molecule has 2 aromatic rings. The molecule has 0 bridgehead atoms. The van der Waals surface area contributed by atoms with Crippen LogP contribution in [0.15, 0.2) is 27.8 Å². The Kier molecular flexibility index (Phi) is 5.27. The van der Waals surface area contributed by atoms with Crippen molar-refractivity contribution in [3.8, 4) is 0 Å². The van der Waals surface area contributed by atoms with Gasteiger partial charge in [-0.3, -0.25) is 9.78 Å². The fourth-order valence-corrected chi connectivity index (χ4v) is 4.84. The number of carbonyl (C=O) groups excluding carboxylic acids is 1. The molecule has 0 amide bonds. The molecule has 122 valence electrons. The van der Waals surface area contributed by atoms with Crippen LogP contribution < -0.4 is 0 Å². The molecule has 0 N–H and O–H groups in total. The van der Waals surface area contributed by atoms with Crippen molar-refractivity contribution < 1.29 is 4.79 Å². The van der Waals surface area contributed by atoms with Crippen LogP contribution in [0.5, 0.6) is 0 Å². The van der Waals surface area contributed by atoms with Gasteiger partial charge in [-0.05, 0) is 70.1 Å². The van der Waals surface area contributed by atoms with Crippen LogP contribution in [-0.2, 0) is 6.42 Å². The molecule has 1 unspecified atom stereocenters. The highest BCUT2D eigenvalue weighted by molar-refractivity contribution is 9.11. The Hall–Kier alpha value is -1.07. The molecule has 2 aromatic heterocycles. The number of Topliss-reactive ketones (excluding diaryl/α,β-unsaturated/α-hetero) is 1. The zero-order valence-electron chi connectivity index (χ0n) is 13.5. The third kappa shape index (κ3) is 4.07. The smallest absolute Gasteiger partial charge is 0.186 e. The second-order valence-corrected chi connectivity index (χ2v) is 8.91. The van der Waals surface area contributed by atoms with Crippen LogP contribution in [-0.4, -0.2) is 15.8 Å². The number of nitrogens with zero attached hydrogens (tertiary/aromatic N) is 2. The minimum atomic E-state index is 0.0677. The van der Waals surface area contributed by atoms with Crippen LogP contribution in [0, 0.1) is 11.8 Å². The first kappa shape index (κ1) is 16.8. The molecule has 0 saturated heterocycles. The summed E-state index contributed by atoms with van der Waals surface area (Å²) in [6.45, 7) is 4.67. The Balaban J connectivity index is 1.82. The van der Waals surface area contributed by atoms with E-state index in [0.717, 1.165) is 21.3 Å². The monoisotopic (exact) mass is 392 g/mol. The number of hydrogen-bond donors (Lipinski definition) is 0. The number of ketones is 1. The van der Waals surface area contributed by atoms with Crippen LogP contribution >= 0.6 is 27.3 Å². The summed E-state index contributed by atoms with van der Waals surface area (Å²) in [7, 11) is 0. The topological polar surface area (TPSA) is 42.9 Å². The molecule has 5 heteroatoms. The second-order valence-electron chi connectivity index (χ2n) is 6.77. The van der Waals surface area contributed by atoms with Gasteiger partial charge in [0.2, 0.25) is 0 Å². The molecule has 1 saturated carbocycles. The highest BCUT2D eigenvalue weighted by Crippen LogP contribution is 2.40. The summed E-state index contributed by atoms with van der Waals surface area (Å²) in [6.07, 6.45) is 7.82. The summed E-state index contributed by atoms with van der Waals surface area (Å²) in [5, 5.41) is 1.81. The van der Waals surface area contributed by atoms with Crippen molar-refractivity contribution in [2.45, 2.75) is 45.4 Å². The minimum Gasteiger partial charge on any atom is -0.292 e. The molecule has 1 aliphatic carbocycles. The molecular formula is C18H21BrN2OS. The highest BCUT2D eigenvalue weighted by Gasteiger charge is 2.27. The molecule has 0 radical (unpaired) electrons. The Morgan fingerprint density at radius 3 is 2.70 bits per heavy atom. The molecule has 1 fully saturated rings. The highest BCUT2D eigenvalue weighted by atomic mass is 79.9. The first-order valence-electron chi connectivity index (χ1n) is 8.10. The van der Waals surface area contributed by atoms with Gasteiger partial charge in [-0.2, -0.15) is 0 Å². The second kappa shape index (κ2) is 7.22. The number of thiazole rings is 1. The van der Waals surface area contributed by atoms with Crippen LogP contribution in [0.1, 0.15) is 60.6 Å². The van der Waals surface area contributed by atoms with Crippen LogP contribution in [0.25, 0.3) is 0 Å². The third-order valence-corrected chi connectivity index (χ3v) is 6.04. The molecule has 1 aliphatic rings. The van der Waals surface area contributed by atoms with E-state index < -0.39 is 0 Å². The van der Waals surface area contributed by atoms with Gasteiger partial charge < -0.3 is 0 Å². The summed E-state index contributed by atoms with van der Waals surface area (Å²) in [5.41, 5.74) is 2.91. The maximum atomic E-state index is 12.5. The zero-order valence-corrected chi connectivity index (χ0v) is 15.9. The van der Waals surface area contributed by atoms with E-state index in [1.165, 1.54) is 36.2 Å². The maximum absolute atomic E-state index is 12.5. The number of hydrogen-bond acceptors (Lipinski definition) is 4. The van der Waals surface area contributed by atoms with Crippen LogP contribution in [0.2, 0.25) is 0 Å². The Morgan fingerprint density at radius 2 is 2.04 bits per heavy atom. The van der Waals surface area contributed by atoms with Crippen molar-refractivity contribution >= 4 is 33.0 Å². The summed E-state index contributed by atoms with van der Waals surface area (Å²) in [4.78, 5) is 21.0. The van der Waals surface area contributed by atoms with Crippen molar-refractivity contribution in [3.05, 3.63) is 44.6 Å². The van der Waals surface area contributed by atoms with E-state index in [0.29, 0.717) is 18.0 Å². The number of pyridine rings is 1. The molecule has 3 nitrogen and oxygen atoms in total. The van der Waals surface area contributed by atoms with E-state index in [-0.39, 0.29) is 5.78 Å². The number of aromatic nitrogens is 2. The lowest BCUT2D eigenvalue weighted by atomic mass is 9.73. The first-order valence-corrected chi connectivity index (χ1v) is 9.77. The lowest BCUT2D eigenvalue weighted by Crippen LogP contribution is -2.20. The standard InChI is InChI=1S/C18H21BrN2OS/c1-11-5-12(2)7-13(6-11)15-3-4-20-9-14(15)8-17(22)16-10-23-18(19)21-16/h3-4,9-13H,5-8H2,1-2H3/t11-,12+,13?. The number of rotatable bonds is 4. The SMILES string of the molecule is C[C@@H]1CC(c2ccncc2CC(=O)c2csc(Br)n2)C[C@H](C)C1. The van der Waals surface area contributed by atoms with Gasteiger partial charge in [0.25, 0.3) is 0 Å². The molecule has 0 aliphatic heterocycles. The van der Waals surface area contributed by atoms with Gasteiger partial charge in [-0.25, -0.2) is 4.98 Å². The molecule has 0 spiro atoms. The van der Waals surface area contributed by atoms with E-state index in [4.69, 9.17) is 0 Å². The average Bonchev–Trinajstić information content (AvgIpc) is 2.93. The van der Waals surface area contributed by atoms with Gasteiger partial charge in [0.15, 0.2) is 9.70 Å². The lowest BCUT2D eigenvalue weighted by Gasteiger charge is -2.32. The Morgan fingerprint density at radius 1 is 1.30 bits per heavy atom. The van der Waals surface area contributed by atoms with E-state index in [1.807, 2.05) is 17.8 Å². The van der Waals surface area contributed by atoms with Gasteiger partial charge in [-0.1, -0.05) is 13.8 Å². The molecule has 3 rings (SSSR count). The third-order valence-electron chi connectivity index (χ3n) is 4.67. The van der Waals surface area contributed by atoms with Gasteiger partial charge in [0.1, 0.15) is 5.69 Å². The summed E-state index contributed by atoms with van der Waals surface area (Å²) >= 11 is 4.76. The van der Waals surface area contributed by atoms with Crippen molar-refractivity contribution in [3.63, 3.8) is 0 Å². The van der Waals surface area contributed by atoms with Crippen LogP contribution in [0.3, 0.4) is 0 Å². The molecule has 2 heterocycles. The zero-order chi connectivity index (χ0) is 16.4. The van der Waals surface area contributed by atoms with E-state index in [9.17, 15) is 4.79 Å². The van der Waals surface area contributed by atoms with Gasteiger partial charge in [-0.15, -0.1) is 11.3 Å². The summed E-state index contributed by atoms with van der Waals surface area (Å²) < 4.78 is 0.752. The number of halogens is 1. The fraction of sp³-hybridized carbons (Fsp3) is 0.500. The summed E-state index contributed by atoms with van der Waals surface area (Å²) in [5.74, 6) is 2.10. The van der Waals surface area contributed by atoms with E-state index in [2.05, 4.69) is 45.8 Å². The Bertz CT molecular complexity index is 690. The van der Waals surface area contributed by atoms with Gasteiger partial charge in [0, 0.05) is 24.2 Å². The van der Waals surface area contributed by atoms with Crippen LogP contribution in [0.4, 0.5) is 0 Å². The van der Waals surface area contributed by atoms with Gasteiger partial charge in [0.05, 0.1) is 0 Å². The number of carbonyl (C=O) groups is 1. The quantitative estimate of drug-likeness (QED) is 0.665. The molecule has 3 atom stereocenters. The first-order chi connectivity index (χ1) is 11.0. The average molecular weight is 393 g/mol. The normalized spacial score (nSPS) is 24.6.